The zero-order valence-electron chi connectivity index (χ0n) is 14.6. The molecule has 0 bridgehead atoms. The highest BCUT2D eigenvalue weighted by Gasteiger charge is 2.43. The first-order valence-electron chi connectivity index (χ1n) is 8.88. The Morgan fingerprint density at radius 3 is 2.77 bits per heavy atom. The van der Waals surface area contributed by atoms with Crippen molar-refractivity contribution in [2.45, 2.75) is 45.2 Å². The smallest absolute Gasteiger partial charge is 0.342 e. The molecule has 5 nitrogen and oxygen atoms in total. The first kappa shape index (κ1) is 17.3. The third kappa shape index (κ3) is 2.95. The number of likely N-dealkylation sites (tertiary alicyclic amines) is 1. The minimum Gasteiger partial charge on any atom is -0.342 e. The number of aromatic nitrogens is 2. The lowest BCUT2D eigenvalue weighted by molar-refractivity contribution is -0.136. The molecule has 0 aromatic carbocycles. The van der Waals surface area contributed by atoms with Crippen LogP contribution in [0.5, 0.6) is 0 Å². The van der Waals surface area contributed by atoms with Crippen LogP contribution < -0.4 is 0 Å². The Bertz CT molecular complexity index is 861. The van der Waals surface area contributed by atoms with Crippen LogP contribution in [0.15, 0.2) is 10.6 Å². The number of halogens is 3. The van der Waals surface area contributed by atoms with Gasteiger partial charge in [0.1, 0.15) is 0 Å². The predicted octanol–water partition coefficient (Wildman–Crippen LogP) is 3.91. The van der Waals surface area contributed by atoms with Crippen LogP contribution >= 0.6 is 0 Å². The van der Waals surface area contributed by atoms with E-state index in [4.69, 9.17) is 4.52 Å². The zero-order chi connectivity index (χ0) is 18.6. The molecule has 0 spiro atoms. The van der Waals surface area contributed by atoms with E-state index in [9.17, 15) is 18.0 Å². The number of aryl methyl sites for hydroxylation is 1. The van der Waals surface area contributed by atoms with Crippen LogP contribution in [-0.4, -0.2) is 34.0 Å². The van der Waals surface area contributed by atoms with Gasteiger partial charge < -0.3 is 9.42 Å². The molecule has 4 rings (SSSR count). The molecular weight excluding hydrogens is 347 g/mol. The molecule has 2 fully saturated rings. The Morgan fingerprint density at radius 2 is 2.12 bits per heavy atom. The maximum Gasteiger partial charge on any atom is 0.417 e. The zero-order valence-corrected chi connectivity index (χ0v) is 14.6. The van der Waals surface area contributed by atoms with Gasteiger partial charge in [-0.2, -0.15) is 13.2 Å². The number of fused-ring (bicyclic) bond motifs is 1. The number of hydrogen-bond acceptors (Lipinski definition) is 4. The normalized spacial score (nSPS) is 26.3. The van der Waals surface area contributed by atoms with Crippen LogP contribution in [0.2, 0.25) is 0 Å². The van der Waals surface area contributed by atoms with Crippen molar-refractivity contribution in [1.82, 2.24) is 15.0 Å². The van der Waals surface area contributed by atoms with E-state index in [1.807, 2.05) is 6.92 Å². The van der Waals surface area contributed by atoms with E-state index in [0.29, 0.717) is 25.4 Å². The molecule has 2 aromatic heterocycles. The molecule has 3 atom stereocenters. The molecule has 2 aromatic rings. The molecule has 0 radical (unpaired) electrons. The lowest BCUT2D eigenvalue weighted by Gasteiger charge is -2.32. The average Bonchev–Trinajstić information content (AvgIpc) is 3.16. The molecule has 1 saturated heterocycles. The minimum atomic E-state index is -4.51. The minimum absolute atomic E-state index is 0.0674. The number of carbonyl (C=O) groups is 1. The monoisotopic (exact) mass is 367 g/mol. The number of rotatable bonds is 2. The molecule has 8 heteroatoms. The number of pyridine rings is 1. The number of hydrogen-bond donors (Lipinski definition) is 0. The average molecular weight is 367 g/mol. The Hall–Kier alpha value is -2.12. The summed E-state index contributed by atoms with van der Waals surface area (Å²) in [5, 5.41) is 3.86. The molecule has 140 valence electrons. The maximum absolute atomic E-state index is 13.5. The molecule has 1 aliphatic heterocycles. The molecule has 1 aliphatic carbocycles. The van der Waals surface area contributed by atoms with Crippen LogP contribution in [0, 0.1) is 18.8 Å². The van der Waals surface area contributed by atoms with Gasteiger partial charge in [-0.1, -0.05) is 12.1 Å². The van der Waals surface area contributed by atoms with Crippen LogP contribution in [0.3, 0.4) is 0 Å². The predicted molar refractivity (Wildman–Crippen MR) is 87.4 cm³/mol. The first-order valence-corrected chi connectivity index (χ1v) is 8.88. The standard InChI is InChI=1S/C18H20F3N3O2/c1-9-6-12(9)17(25)24-5-3-4-11(8-24)15-14-13(18(19,20)21)7-10(2)22-16(14)26-23-15/h7,9,11-12H,3-6,8H2,1-2H3/t9-,11+,12-/m0/s1. The fraction of sp³-hybridized carbons (Fsp3) is 0.611. The van der Waals surface area contributed by atoms with Gasteiger partial charge in [0.2, 0.25) is 5.91 Å². The molecule has 0 N–H and O–H groups in total. The van der Waals surface area contributed by atoms with Gasteiger partial charge in [0.15, 0.2) is 0 Å². The molecule has 1 saturated carbocycles. The number of nitrogens with zero attached hydrogens (tertiary/aromatic N) is 3. The third-order valence-electron chi connectivity index (χ3n) is 5.45. The summed E-state index contributed by atoms with van der Waals surface area (Å²) >= 11 is 0. The maximum atomic E-state index is 13.5. The van der Waals surface area contributed by atoms with Crippen LogP contribution in [0.4, 0.5) is 13.2 Å². The molecule has 26 heavy (non-hydrogen) atoms. The first-order chi connectivity index (χ1) is 12.3. The van der Waals surface area contributed by atoms with E-state index >= 15 is 0 Å². The molecular formula is C18H20F3N3O2. The largest absolute Gasteiger partial charge is 0.417 e. The lowest BCUT2D eigenvalue weighted by atomic mass is 9.91. The summed E-state index contributed by atoms with van der Waals surface area (Å²) < 4.78 is 45.7. The van der Waals surface area contributed by atoms with Crippen LogP contribution in [0.25, 0.3) is 11.1 Å². The summed E-state index contributed by atoms with van der Waals surface area (Å²) in [5.41, 5.74) is -0.362. The van der Waals surface area contributed by atoms with Gasteiger partial charge in [-0.25, -0.2) is 4.98 Å². The highest BCUT2D eigenvalue weighted by atomic mass is 19.4. The van der Waals surface area contributed by atoms with E-state index in [1.165, 1.54) is 6.92 Å². The number of amides is 1. The summed E-state index contributed by atoms with van der Waals surface area (Å²) in [6.07, 6.45) is -2.20. The van der Waals surface area contributed by atoms with E-state index in [0.717, 1.165) is 18.9 Å². The third-order valence-corrected chi connectivity index (χ3v) is 5.45. The Morgan fingerprint density at radius 1 is 1.38 bits per heavy atom. The van der Waals surface area contributed by atoms with Crippen molar-refractivity contribution < 1.29 is 22.5 Å². The number of alkyl halides is 3. The second-order valence-electron chi connectivity index (χ2n) is 7.50. The second-order valence-corrected chi connectivity index (χ2v) is 7.50. The fourth-order valence-electron chi connectivity index (χ4n) is 3.90. The van der Waals surface area contributed by atoms with Gasteiger partial charge in [-0.05, 0) is 38.2 Å². The van der Waals surface area contributed by atoms with Gasteiger partial charge in [0.25, 0.3) is 5.71 Å². The number of carbonyl (C=O) groups excluding carboxylic acids is 1. The van der Waals surface area contributed by atoms with Crippen molar-refractivity contribution >= 4 is 17.0 Å². The quantitative estimate of drug-likeness (QED) is 0.807. The fourth-order valence-corrected chi connectivity index (χ4v) is 3.90. The summed E-state index contributed by atoms with van der Waals surface area (Å²) in [6, 6.07) is 1.03. The van der Waals surface area contributed by atoms with E-state index in [1.54, 1.807) is 4.90 Å². The van der Waals surface area contributed by atoms with Crippen LogP contribution in [-0.2, 0) is 11.0 Å². The van der Waals surface area contributed by atoms with Gasteiger partial charge >= 0.3 is 6.18 Å². The Balaban J connectivity index is 1.69. The summed E-state index contributed by atoms with van der Waals surface area (Å²) in [6.45, 7) is 4.57. The van der Waals surface area contributed by atoms with E-state index in [2.05, 4.69) is 10.1 Å². The van der Waals surface area contributed by atoms with Crippen molar-refractivity contribution in [3.63, 3.8) is 0 Å². The van der Waals surface area contributed by atoms with Gasteiger partial charge in [-0.15, -0.1) is 0 Å². The summed E-state index contributed by atoms with van der Waals surface area (Å²) in [5.74, 6) is 0.311. The van der Waals surface area contributed by atoms with Crippen molar-refractivity contribution in [2.75, 3.05) is 13.1 Å². The Kier molecular flexibility index (Phi) is 3.96. The SMILES string of the molecule is Cc1cc(C(F)(F)F)c2c([C@@H]3CCCN(C(=O)[C@H]4C[C@@H]4C)C3)noc2n1. The van der Waals surface area contributed by atoms with Crippen molar-refractivity contribution in [3.05, 3.63) is 23.0 Å². The second kappa shape index (κ2) is 5.96. The van der Waals surface area contributed by atoms with Crippen molar-refractivity contribution in [1.29, 1.82) is 0 Å². The van der Waals surface area contributed by atoms with Crippen molar-refractivity contribution in [2.24, 2.45) is 11.8 Å². The summed E-state index contributed by atoms with van der Waals surface area (Å²) in [7, 11) is 0. The highest BCUT2D eigenvalue weighted by Crippen LogP contribution is 2.42. The molecule has 0 unspecified atom stereocenters. The van der Waals surface area contributed by atoms with E-state index in [-0.39, 0.29) is 40.2 Å². The Labute approximate surface area is 148 Å². The van der Waals surface area contributed by atoms with Crippen LogP contribution in [0.1, 0.15) is 49.1 Å². The molecule has 1 amide bonds. The lowest BCUT2D eigenvalue weighted by Crippen LogP contribution is -2.40. The van der Waals surface area contributed by atoms with Gasteiger partial charge in [-0.3, -0.25) is 4.79 Å². The summed E-state index contributed by atoms with van der Waals surface area (Å²) in [4.78, 5) is 18.3. The highest BCUT2D eigenvalue weighted by molar-refractivity contribution is 5.83. The van der Waals surface area contributed by atoms with Gasteiger partial charge in [0, 0.05) is 30.6 Å². The molecule has 2 aliphatic rings. The topological polar surface area (TPSA) is 59.2 Å². The number of piperidine rings is 1. The van der Waals surface area contributed by atoms with E-state index < -0.39 is 11.7 Å². The molecule has 3 heterocycles. The van der Waals surface area contributed by atoms with Crippen molar-refractivity contribution in [3.8, 4) is 0 Å². The van der Waals surface area contributed by atoms with Gasteiger partial charge in [0.05, 0.1) is 16.6 Å².